The molecule has 0 unspecified atom stereocenters. The van der Waals surface area contributed by atoms with Crippen LogP contribution < -0.4 is 0 Å². The number of halogens is 1. The molecule has 29 heavy (non-hydrogen) atoms. The molecule has 2 aromatic carbocycles. The molecule has 5 rings (SSSR count). The highest BCUT2D eigenvalue weighted by Gasteiger charge is 2.36. The predicted octanol–water partition coefficient (Wildman–Crippen LogP) is 3.13. The number of aromatic nitrogens is 2. The van der Waals surface area contributed by atoms with Gasteiger partial charge >= 0.3 is 0 Å². The van der Waals surface area contributed by atoms with Crippen molar-refractivity contribution < 1.29 is 13.5 Å². The van der Waals surface area contributed by atoms with E-state index in [9.17, 15) is 4.39 Å². The molecule has 0 bridgehead atoms. The molecule has 1 aromatic heterocycles. The van der Waals surface area contributed by atoms with Gasteiger partial charge in [-0.25, -0.2) is 4.39 Å². The maximum absolute atomic E-state index is 13.4. The Morgan fingerprint density at radius 1 is 1.00 bits per heavy atom. The fraction of sp³-hybridized carbons (Fsp3) is 0.364. The predicted molar refractivity (Wildman–Crippen MR) is 105 cm³/mol. The fourth-order valence-electron chi connectivity index (χ4n) is 4.26. The van der Waals surface area contributed by atoms with Crippen LogP contribution in [0.1, 0.15) is 17.5 Å². The van der Waals surface area contributed by atoms with Gasteiger partial charge in [-0.15, -0.1) is 10.2 Å². The van der Waals surface area contributed by atoms with E-state index in [1.807, 2.05) is 6.07 Å². The summed E-state index contributed by atoms with van der Waals surface area (Å²) in [5, 5.41) is 8.24. The Hall–Kier alpha value is -2.61. The van der Waals surface area contributed by atoms with Gasteiger partial charge in [-0.05, 0) is 23.8 Å². The van der Waals surface area contributed by atoms with Crippen LogP contribution in [0.5, 0.6) is 0 Å². The molecule has 0 amide bonds. The van der Waals surface area contributed by atoms with Crippen LogP contribution in [0, 0.1) is 5.82 Å². The molecule has 6 nitrogen and oxygen atoms in total. The van der Waals surface area contributed by atoms with Gasteiger partial charge in [0.05, 0.1) is 25.8 Å². The molecule has 3 aromatic rings. The Bertz CT molecular complexity index is 964. The van der Waals surface area contributed by atoms with Crippen LogP contribution in [0.25, 0.3) is 11.5 Å². The van der Waals surface area contributed by atoms with E-state index in [0.29, 0.717) is 36.0 Å². The van der Waals surface area contributed by atoms with Gasteiger partial charge in [0.25, 0.3) is 0 Å². The molecule has 0 N–H and O–H groups in total. The summed E-state index contributed by atoms with van der Waals surface area (Å²) in [4.78, 5) is 4.88. The van der Waals surface area contributed by atoms with Crippen molar-refractivity contribution in [3.63, 3.8) is 0 Å². The Kier molecular flexibility index (Phi) is 5.10. The number of hydrogen-bond acceptors (Lipinski definition) is 6. The van der Waals surface area contributed by atoms with E-state index in [1.54, 1.807) is 12.1 Å². The van der Waals surface area contributed by atoms with E-state index in [2.05, 4.69) is 44.3 Å². The van der Waals surface area contributed by atoms with E-state index < -0.39 is 0 Å². The number of rotatable bonds is 4. The van der Waals surface area contributed by atoms with Crippen molar-refractivity contribution in [3.05, 3.63) is 71.9 Å². The average Bonchev–Trinajstić information content (AvgIpc) is 3.22. The van der Waals surface area contributed by atoms with Crippen LogP contribution in [0.2, 0.25) is 0 Å². The smallest absolute Gasteiger partial charge is 0.247 e. The quantitative estimate of drug-likeness (QED) is 0.678. The topological polar surface area (TPSA) is 54.6 Å². The van der Waals surface area contributed by atoms with Gasteiger partial charge in [-0.3, -0.25) is 9.80 Å². The number of nitrogens with zero attached hydrogens (tertiary/aromatic N) is 4. The third-order valence-corrected chi connectivity index (χ3v) is 5.68. The lowest BCUT2D eigenvalue weighted by Crippen LogP contribution is -2.58. The highest BCUT2D eigenvalue weighted by atomic mass is 19.1. The summed E-state index contributed by atoms with van der Waals surface area (Å²) in [5.41, 5.74) is 1.90. The van der Waals surface area contributed by atoms with Gasteiger partial charge in [0, 0.05) is 31.2 Å². The molecule has 0 saturated carbocycles. The molecule has 0 spiro atoms. The molecule has 7 heteroatoms. The highest BCUT2D eigenvalue weighted by Crippen LogP contribution is 2.30. The van der Waals surface area contributed by atoms with Crippen molar-refractivity contribution in [2.75, 3.05) is 32.8 Å². The van der Waals surface area contributed by atoms with E-state index in [1.165, 1.54) is 17.7 Å². The second-order valence-corrected chi connectivity index (χ2v) is 7.60. The fourth-order valence-corrected chi connectivity index (χ4v) is 4.26. The molecule has 2 atom stereocenters. The second-order valence-electron chi connectivity index (χ2n) is 7.60. The molecule has 2 aliphatic rings. The van der Waals surface area contributed by atoms with Crippen molar-refractivity contribution in [1.29, 1.82) is 0 Å². The number of benzene rings is 2. The molecule has 0 aliphatic carbocycles. The third kappa shape index (κ3) is 3.94. The number of fused-ring (bicyclic) bond motifs is 1. The summed E-state index contributed by atoms with van der Waals surface area (Å²) in [6.07, 6.45) is 0. The lowest BCUT2D eigenvalue weighted by molar-refractivity contribution is -0.0844. The zero-order valence-corrected chi connectivity index (χ0v) is 16.1. The van der Waals surface area contributed by atoms with Crippen molar-refractivity contribution in [2.45, 2.75) is 18.6 Å². The highest BCUT2D eigenvalue weighted by molar-refractivity contribution is 5.52. The summed E-state index contributed by atoms with van der Waals surface area (Å²) in [5.74, 6) is 0.584. The van der Waals surface area contributed by atoms with Gasteiger partial charge in [0.1, 0.15) is 5.82 Å². The summed E-state index contributed by atoms with van der Waals surface area (Å²) >= 11 is 0. The summed E-state index contributed by atoms with van der Waals surface area (Å²) in [6, 6.07) is 17.4. The van der Waals surface area contributed by atoms with Crippen molar-refractivity contribution >= 4 is 0 Å². The SMILES string of the molecule is Fc1cccc(-c2nnc(CN3CCN4[C@@H](COC[C@@H]4c4ccccc4)C3)o2)c1. The van der Waals surface area contributed by atoms with Crippen LogP contribution in [0.4, 0.5) is 4.39 Å². The maximum Gasteiger partial charge on any atom is 0.247 e. The van der Waals surface area contributed by atoms with E-state index in [4.69, 9.17) is 9.15 Å². The number of hydrogen-bond donors (Lipinski definition) is 0. The minimum absolute atomic E-state index is 0.306. The normalized spacial score (nSPS) is 23.1. The molecule has 2 fully saturated rings. The summed E-state index contributed by atoms with van der Waals surface area (Å²) in [7, 11) is 0. The van der Waals surface area contributed by atoms with Crippen LogP contribution in [-0.4, -0.2) is 58.9 Å². The second kappa shape index (κ2) is 8.02. The van der Waals surface area contributed by atoms with Gasteiger partial charge in [-0.2, -0.15) is 0 Å². The molecule has 0 radical (unpaired) electrons. The first-order chi connectivity index (χ1) is 14.3. The summed E-state index contributed by atoms with van der Waals surface area (Å²) in [6.45, 7) is 4.85. The molecule has 2 saturated heterocycles. The van der Waals surface area contributed by atoms with Crippen LogP contribution >= 0.6 is 0 Å². The van der Waals surface area contributed by atoms with Gasteiger partial charge in [-0.1, -0.05) is 36.4 Å². The number of morpholine rings is 1. The molecular weight excluding hydrogens is 371 g/mol. The van der Waals surface area contributed by atoms with E-state index in [-0.39, 0.29) is 5.82 Å². The lowest BCUT2D eigenvalue weighted by atomic mass is 10.0. The van der Waals surface area contributed by atoms with Gasteiger partial charge in [0.2, 0.25) is 11.8 Å². The third-order valence-electron chi connectivity index (χ3n) is 5.68. The number of ether oxygens (including phenoxy) is 1. The minimum Gasteiger partial charge on any atom is -0.419 e. The first kappa shape index (κ1) is 18.4. The van der Waals surface area contributed by atoms with Crippen LogP contribution in [0.15, 0.2) is 59.0 Å². The Labute approximate surface area is 168 Å². The van der Waals surface area contributed by atoms with Crippen LogP contribution in [0.3, 0.4) is 0 Å². The van der Waals surface area contributed by atoms with Gasteiger partial charge in [0.15, 0.2) is 0 Å². The molecule has 3 heterocycles. The molecular formula is C22H23FN4O2. The van der Waals surface area contributed by atoms with Crippen molar-refractivity contribution in [2.24, 2.45) is 0 Å². The van der Waals surface area contributed by atoms with E-state index in [0.717, 1.165) is 32.8 Å². The van der Waals surface area contributed by atoms with Crippen LogP contribution in [-0.2, 0) is 11.3 Å². The monoisotopic (exact) mass is 394 g/mol. The first-order valence-corrected chi connectivity index (χ1v) is 9.95. The zero-order valence-electron chi connectivity index (χ0n) is 16.1. The zero-order chi connectivity index (χ0) is 19.6. The van der Waals surface area contributed by atoms with Gasteiger partial charge < -0.3 is 9.15 Å². The minimum atomic E-state index is -0.316. The molecule has 150 valence electrons. The standard InChI is InChI=1S/C22H23FN4O2/c23-18-8-4-7-17(11-18)22-25-24-21(29-22)13-26-9-10-27-19(12-26)14-28-15-20(27)16-5-2-1-3-6-16/h1-8,11,19-20H,9-10,12-15H2/t19-,20-/m1/s1. The Morgan fingerprint density at radius 3 is 2.76 bits per heavy atom. The van der Waals surface area contributed by atoms with Crippen molar-refractivity contribution in [3.8, 4) is 11.5 Å². The first-order valence-electron chi connectivity index (χ1n) is 9.95. The maximum atomic E-state index is 13.4. The largest absolute Gasteiger partial charge is 0.419 e. The average molecular weight is 394 g/mol. The van der Waals surface area contributed by atoms with Crippen molar-refractivity contribution in [1.82, 2.24) is 20.0 Å². The Morgan fingerprint density at radius 2 is 1.90 bits per heavy atom. The Balaban J connectivity index is 1.25. The number of piperazine rings is 1. The lowest BCUT2D eigenvalue weighted by Gasteiger charge is -2.47. The van der Waals surface area contributed by atoms with E-state index >= 15 is 0 Å². The molecule has 2 aliphatic heterocycles. The summed E-state index contributed by atoms with van der Waals surface area (Å²) < 4.78 is 25.1.